The van der Waals surface area contributed by atoms with Gasteiger partial charge < -0.3 is 14.6 Å². The first-order valence-electron chi connectivity index (χ1n) is 14.3. The molecule has 4 rings (SSSR count). The molecule has 41 heavy (non-hydrogen) atoms. The molecule has 3 unspecified atom stereocenters. The SMILES string of the molecule is CCC(C)=C(C=C1CC2C(C1)C2C(=O)O)OC(C)c1cc(-c2c(C)cc(OCCCS(C)(=O)=O)cc2C)ccc1F. The zero-order valence-corrected chi connectivity index (χ0v) is 25.6. The normalized spacial score (nSPS) is 21.1. The molecule has 2 aromatic carbocycles. The van der Waals surface area contributed by atoms with Crippen LogP contribution in [-0.2, 0) is 19.4 Å². The van der Waals surface area contributed by atoms with Gasteiger partial charge in [0, 0.05) is 11.8 Å². The molecule has 2 fully saturated rings. The quantitative estimate of drug-likeness (QED) is 0.207. The number of aliphatic carboxylic acids is 1. The fourth-order valence-electron chi connectivity index (χ4n) is 6.03. The number of aryl methyl sites for hydroxylation is 2. The van der Waals surface area contributed by atoms with E-state index in [1.165, 1.54) is 17.9 Å². The molecule has 0 radical (unpaired) electrons. The van der Waals surface area contributed by atoms with Crippen LogP contribution in [0.5, 0.6) is 5.75 Å². The maximum atomic E-state index is 15.1. The van der Waals surface area contributed by atoms with Crippen LogP contribution in [0.1, 0.15) is 69.2 Å². The molecule has 0 bridgehead atoms. The minimum atomic E-state index is -3.02. The van der Waals surface area contributed by atoms with Gasteiger partial charge in [0.1, 0.15) is 33.3 Å². The van der Waals surface area contributed by atoms with Crippen LogP contribution in [0.15, 0.2) is 53.3 Å². The van der Waals surface area contributed by atoms with Gasteiger partial charge in [0.05, 0.1) is 18.3 Å². The van der Waals surface area contributed by atoms with Gasteiger partial charge in [-0.15, -0.1) is 0 Å². The molecule has 0 heterocycles. The number of carbonyl (C=O) groups is 1. The maximum absolute atomic E-state index is 15.1. The second-order valence-corrected chi connectivity index (χ2v) is 13.9. The summed E-state index contributed by atoms with van der Waals surface area (Å²) >= 11 is 0. The summed E-state index contributed by atoms with van der Waals surface area (Å²) in [5.74, 6) is 0.696. The average molecular weight is 585 g/mol. The molecule has 1 N–H and O–H groups in total. The number of halogens is 1. The molecule has 3 atom stereocenters. The van der Waals surface area contributed by atoms with Crippen LogP contribution in [0.2, 0.25) is 0 Å². The Labute approximate surface area is 243 Å². The number of allylic oxidation sites excluding steroid dienone is 3. The van der Waals surface area contributed by atoms with Crippen molar-refractivity contribution >= 4 is 15.8 Å². The summed E-state index contributed by atoms with van der Waals surface area (Å²) in [6.45, 7) is 10.2. The largest absolute Gasteiger partial charge is 0.494 e. The van der Waals surface area contributed by atoms with Crippen molar-refractivity contribution in [2.45, 2.75) is 66.4 Å². The Bertz CT molecular complexity index is 1450. The Morgan fingerprint density at radius 2 is 1.78 bits per heavy atom. The van der Waals surface area contributed by atoms with Gasteiger partial charge in [-0.1, -0.05) is 18.6 Å². The molecule has 222 valence electrons. The number of ether oxygens (including phenoxy) is 2. The molecule has 0 spiro atoms. The van der Waals surface area contributed by atoms with E-state index in [1.54, 1.807) is 6.07 Å². The number of fused-ring (bicyclic) bond motifs is 1. The van der Waals surface area contributed by atoms with E-state index in [-0.39, 0.29) is 29.3 Å². The van der Waals surface area contributed by atoms with E-state index in [2.05, 4.69) is 6.92 Å². The van der Waals surface area contributed by atoms with Gasteiger partial charge in [-0.2, -0.15) is 0 Å². The second kappa shape index (κ2) is 12.4. The number of carboxylic acids is 1. The van der Waals surface area contributed by atoms with Crippen LogP contribution in [0.25, 0.3) is 11.1 Å². The van der Waals surface area contributed by atoms with Crippen molar-refractivity contribution < 1.29 is 32.2 Å². The fraction of sp³-hybridized carbons (Fsp3) is 0.485. The number of benzene rings is 2. The number of hydrogen-bond donors (Lipinski definition) is 1. The maximum Gasteiger partial charge on any atom is 0.307 e. The van der Waals surface area contributed by atoms with Crippen molar-refractivity contribution in [3.05, 3.63) is 75.8 Å². The summed E-state index contributed by atoms with van der Waals surface area (Å²) in [6.07, 6.45) is 5.49. The van der Waals surface area contributed by atoms with Crippen molar-refractivity contribution in [1.82, 2.24) is 0 Å². The molecule has 0 aromatic heterocycles. The van der Waals surface area contributed by atoms with Crippen LogP contribution in [-0.4, -0.2) is 38.1 Å². The van der Waals surface area contributed by atoms with Crippen molar-refractivity contribution in [2.75, 3.05) is 18.6 Å². The Morgan fingerprint density at radius 1 is 1.15 bits per heavy atom. The highest BCUT2D eigenvalue weighted by Gasteiger charge is 2.58. The zero-order chi connectivity index (χ0) is 30.1. The highest BCUT2D eigenvalue weighted by molar-refractivity contribution is 7.90. The van der Waals surface area contributed by atoms with Crippen LogP contribution in [0, 0.1) is 37.4 Å². The lowest BCUT2D eigenvalue weighted by atomic mass is 9.93. The van der Waals surface area contributed by atoms with E-state index < -0.39 is 21.9 Å². The predicted molar refractivity (Wildman–Crippen MR) is 159 cm³/mol. The van der Waals surface area contributed by atoms with Gasteiger partial charge in [-0.25, -0.2) is 12.8 Å². The minimum absolute atomic E-state index is 0.0830. The molecule has 2 aliphatic carbocycles. The van der Waals surface area contributed by atoms with Gasteiger partial charge in [-0.05, 0) is 123 Å². The van der Waals surface area contributed by atoms with Gasteiger partial charge >= 0.3 is 5.97 Å². The van der Waals surface area contributed by atoms with Gasteiger partial charge in [0.15, 0.2) is 0 Å². The van der Waals surface area contributed by atoms with E-state index >= 15 is 4.39 Å². The molecule has 0 saturated heterocycles. The van der Waals surface area contributed by atoms with E-state index in [9.17, 15) is 18.3 Å². The summed E-state index contributed by atoms with van der Waals surface area (Å²) in [5.41, 5.74) is 6.54. The van der Waals surface area contributed by atoms with Crippen LogP contribution in [0.4, 0.5) is 4.39 Å². The van der Waals surface area contributed by atoms with Crippen LogP contribution < -0.4 is 4.74 Å². The Balaban J connectivity index is 1.51. The van der Waals surface area contributed by atoms with Crippen molar-refractivity contribution in [2.24, 2.45) is 17.8 Å². The highest BCUT2D eigenvalue weighted by Crippen LogP contribution is 2.59. The number of hydrogen-bond acceptors (Lipinski definition) is 5. The number of carboxylic acid groups (broad SMARTS) is 1. The van der Waals surface area contributed by atoms with Gasteiger partial charge in [0.2, 0.25) is 0 Å². The topological polar surface area (TPSA) is 89.9 Å². The van der Waals surface area contributed by atoms with Gasteiger partial charge in [0.25, 0.3) is 0 Å². The first-order valence-corrected chi connectivity index (χ1v) is 16.3. The summed E-state index contributed by atoms with van der Waals surface area (Å²) in [7, 11) is -3.02. The van der Waals surface area contributed by atoms with Crippen molar-refractivity contribution in [1.29, 1.82) is 0 Å². The average Bonchev–Trinajstić information content (AvgIpc) is 3.41. The van der Waals surface area contributed by atoms with Crippen LogP contribution in [0.3, 0.4) is 0 Å². The van der Waals surface area contributed by atoms with Gasteiger partial charge in [-0.3, -0.25) is 4.79 Å². The molecule has 8 heteroatoms. The number of rotatable bonds is 12. The summed E-state index contributed by atoms with van der Waals surface area (Å²) in [4.78, 5) is 11.4. The van der Waals surface area contributed by atoms with Crippen molar-refractivity contribution in [3.8, 4) is 16.9 Å². The molecule has 6 nitrogen and oxygen atoms in total. The molecule has 2 saturated carbocycles. The lowest BCUT2D eigenvalue weighted by Gasteiger charge is -2.21. The molecular formula is C33H41FO6S. The molecule has 0 aliphatic heterocycles. The predicted octanol–water partition coefficient (Wildman–Crippen LogP) is 7.35. The third-order valence-electron chi connectivity index (χ3n) is 8.36. The lowest BCUT2D eigenvalue weighted by Crippen LogP contribution is -2.08. The zero-order valence-electron chi connectivity index (χ0n) is 24.8. The Morgan fingerprint density at radius 3 is 2.34 bits per heavy atom. The molecule has 2 aliphatic rings. The second-order valence-electron chi connectivity index (χ2n) is 11.7. The molecule has 0 amide bonds. The Hall–Kier alpha value is -3.13. The third-order valence-corrected chi connectivity index (χ3v) is 9.39. The first-order chi connectivity index (χ1) is 19.3. The Kier molecular flexibility index (Phi) is 9.32. The van der Waals surface area contributed by atoms with E-state index in [0.717, 1.165) is 52.8 Å². The van der Waals surface area contributed by atoms with Crippen LogP contribution >= 0.6 is 0 Å². The smallest absolute Gasteiger partial charge is 0.307 e. The first kappa shape index (κ1) is 30.8. The fourth-order valence-corrected chi connectivity index (χ4v) is 6.67. The molecular weight excluding hydrogens is 543 g/mol. The van der Waals surface area contributed by atoms with Crippen molar-refractivity contribution in [3.63, 3.8) is 0 Å². The third kappa shape index (κ3) is 7.39. The monoisotopic (exact) mass is 584 g/mol. The standard InChI is InChI=1S/C33H41FO6S/c1-7-19(2)30(17-23-15-27-28(16-23)32(27)33(35)36)40-22(5)26-18-24(9-10-29(26)34)31-20(3)13-25(14-21(31)4)39-11-8-12-41(6,37)38/h9-10,13-14,17-18,22,27-28,32H,7-8,11-12,15-16H2,1-6H3,(H,35,36). The van der Waals surface area contributed by atoms with E-state index in [1.807, 2.05) is 52.0 Å². The van der Waals surface area contributed by atoms with E-state index in [4.69, 9.17) is 9.47 Å². The summed E-state index contributed by atoms with van der Waals surface area (Å²) < 4.78 is 50.1. The highest BCUT2D eigenvalue weighted by atomic mass is 32.2. The van der Waals surface area contributed by atoms with E-state index in [0.29, 0.717) is 24.3 Å². The summed E-state index contributed by atoms with van der Waals surface area (Å²) in [6, 6.07) is 8.93. The lowest BCUT2D eigenvalue weighted by molar-refractivity contribution is -0.139. The minimum Gasteiger partial charge on any atom is -0.494 e. The number of sulfone groups is 1. The molecule has 2 aromatic rings. The summed E-state index contributed by atoms with van der Waals surface area (Å²) in [5, 5.41) is 9.33.